The lowest BCUT2D eigenvalue weighted by atomic mass is 10.0. The SMILES string of the molecule is CCCCCCCCCCCCCCCCCOC(=O)CCC(=O)OC1CCCCCC1. The van der Waals surface area contributed by atoms with E-state index in [1.54, 1.807) is 0 Å². The first-order valence-corrected chi connectivity index (χ1v) is 14.1. The van der Waals surface area contributed by atoms with Crippen LogP contribution < -0.4 is 0 Å². The van der Waals surface area contributed by atoms with Crippen molar-refractivity contribution in [2.45, 2.75) is 161 Å². The number of rotatable bonds is 20. The second kappa shape index (κ2) is 21.8. The van der Waals surface area contributed by atoms with Crippen LogP contribution in [0.1, 0.15) is 155 Å². The Balaban J connectivity index is 1.80. The normalized spacial score (nSPS) is 14.8. The Morgan fingerprint density at radius 1 is 0.594 bits per heavy atom. The molecule has 32 heavy (non-hydrogen) atoms. The predicted octanol–water partition coefficient (Wildman–Crippen LogP) is 8.45. The zero-order valence-corrected chi connectivity index (χ0v) is 21.2. The quantitative estimate of drug-likeness (QED) is 0.106. The fourth-order valence-electron chi connectivity index (χ4n) is 4.54. The summed E-state index contributed by atoms with van der Waals surface area (Å²) in [5.74, 6) is -0.519. The van der Waals surface area contributed by atoms with E-state index in [2.05, 4.69) is 6.92 Å². The molecule has 0 atom stereocenters. The van der Waals surface area contributed by atoms with E-state index in [1.807, 2.05) is 0 Å². The first-order valence-electron chi connectivity index (χ1n) is 14.1. The number of unbranched alkanes of at least 4 members (excludes halogenated alkanes) is 14. The highest BCUT2D eigenvalue weighted by atomic mass is 16.5. The van der Waals surface area contributed by atoms with E-state index in [0.717, 1.165) is 38.5 Å². The molecule has 4 nitrogen and oxygen atoms in total. The van der Waals surface area contributed by atoms with Crippen molar-refractivity contribution in [3.05, 3.63) is 0 Å². The Kier molecular flexibility index (Phi) is 19.7. The molecule has 1 saturated carbocycles. The summed E-state index contributed by atoms with van der Waals surface area (Å²) in [7, 11) is 0. The third-order valence-electron chi connectivity index (χ3n) is 6.64. The molecular weight excluding hydrogens is 400 g/mol. The van der Waals surface area contributed by atoms with E-state index < -0.39 is 0 Å². The third kappa shape index (κ3) is 18.5. The third-order valence-corrected chi connectivity index (χ3v) is 6.64. The van der Waals surface area contributed by atoms with Gasteiger partial charge in [0.15, 0.2) is 0 Å². The lowest BCUT2D eigenvalue weighted by Crippen LogP contribution is -2.18. The average molecular weight is 453 g/mol. The monoisotopic (exact) mass is 452 g/mol. The molecule has 0 unspecified atom stereocenters. The number of esters is 2. The standard InChI is InChI=1S/C28H52O4/c1-2-3-4-5-6-7-8-9-10-11-12-13-14-17-20-25-31-27(29)23-24-28(30)32-26-21-18-15-16-19-22-26/h26H,2-25H2,1H3. The second-order valence-electron chi connectivity index (χ2n) is 9.77. The van der Waals surface area contributed by atoms with Gasteiger partial charge in [-0.05, 0) is 32.1 Å². The Labute approximate surface area is 198 Å². The summed E-state index contributed by atoms with van der Waals surface area (Å²) in [5, 5.41) is 0. The van der Waals surface area contributed by atoms with Crippen molar-refractivity contribution in [1.82, 2.24) is 0 Å². The van der Waals surface area contributed by atoms with Crippen molar-refractivity contribution in [3.8, 4) is 0 Å². The number of hydrogen-bond donors (Lipinski definition) is 0. The van der Waals surface area contributed by atoms with Crippen molar-refractivity contribution in [2.75, 3.05) is 6.61 Å². The minimum Gasteiger partial charge on any atom is -0.466 e. The summed E-state index contributed by atoms with van der Waals surface area (Å²) in [6.07, 6.45) is 26.9. The average Bonchev–Trinajstić information content (AvgIpc) is 3.06. The molecule has 0 aromatic heterocycles. The number of hydrogen-bond acceptors (Lipinski definition) is 4. The number of ether oxygens (including phenoxy) is 2. The molecule has 0 aliphatic heterocycles. The van der Waals surface area contributed by atoms with Crippen molar-refractivity contribution in [3.63, 3.8) is 0 Å². The van der Waals surface area contributed by atoms with Gasteiger partial charge in [-0.2, -0.15) is 0 Å². The van der Waals surface area contributed by atoms with Crippen molar-refractivity contribution < 1.29 is 19.1 Å². The Hall–Kier alpha value is -1.06. The zero-order chi connectivity index (χ0) is 23.1. The molecule has 1 fully saturated rings. The predicted molar refractivity (Wildman–Crippen MR) is 133 cm³/mol. The van der Waals surface area contributed by atoms with Crippen molar-refractivity contribution in [2.24, 2.45) is 0 Å². The summed E-state index contributed by atoms with van der Waals surface area (Å²) in [6.45, 7) is 2.76. The Morgan fingerprint density at radius 2 is 1.03 bits per heavy atom. The fourth-order valence-corrected chi connectivity index (χ4v) is 4.54. The van der Waals surface area contributed by atoms with E-state index in [4.69, 9.17) is 9.47 Å². The van der Waals surface area contributed by atoms with E-state index >= 15 is 0 Å². The topological polar surface area (TPSA) is 52.6 Å². The highest BCUT2D eigenvalue weighted by Crippen LogP contribution is 2.20. The maximum atomic E-state index is 11.9. The van der Waals surface area contributed by atoms with Crippen LogP contribution in [0.15, 0.2) is 0 Å². The summed E-state index contributed by atoms with van der Waals surface area (Å²) in [6, 6.07) is 0. The molecule has 0 bridgehead atoms. The van der Waals surface area contributed by atoms with Crippen LogP contribution in [0.2, 0.25) is 0 Å². The molecular formula is C28H52O4. The van der Waals surface area contributed by atoms with Crippen LogP contribution in [-0.2, 0) is 19.1 Å². The van der Waals surface area contributed by atoms with Gasteiger partial charge in [0, 0.05) is 0 Å². The zero-order valence-electron chi connectivity index (χ0n) is 21.2. The van der Waals surface area contributed by atoms with Crippen LogP contribution in [-0.4, -0.2) is 24.6 Å². The summed E-state index contributed by atoms with van der Waals surface area (Å²) < 4.78 is 10.8. The number of carbonyl (C=O) groups excluding carboxylic acids is 2. The molecule has 0 aromatic carbocycles. The first kappa shape index (κ1) is 29.0. The minimum atomic E-state index is -0.270. The van der Waals surface area contributed by atoms with E-state index in [0.29, 0.717) is 6.61 Å². The van der Waals surface area contributed by atoms with Gasteiger partial charge in [0.05, 0.1) is 19.4 Å². The lowest BCUT2D eigenvalue weighted by molar-refractivity contribution is -0.154. The van der Waals surface area contributed by atoms with Crippen molar-refractivity contribution in [1.29, 1.82) is 0 Å². The van der Waals surface area contributed by atoms with E-state index in [-0.39, 0.29) is 30.9 Å². The van der Waals surface area contributed by atoms with Crippen LogP contribution in [0.25, 0.3) is 0 Å². The molecule has 1 aliphatic carbocycles. The van der Waals surface area contributed by atoms with Crippen LogP contribution in [0.4, 0.5) is 0 Å². The lowest BCUT2D eigenvalue weighted by Gasteiger charge is -2.15. The molecule has 0 N–H and O–H groups in total. The van der Waals surface area contributed by atoms with Crippen LogP contribution in [0, 0.1) is 0 Å². The van der Waals surface area contributed by atoms with E-state index in [9.17, 15) is 9.59 Å². The van der Waals surface area contributed by atoms with Gasteiger partial charge in [0.25, 0.3) is 0 Å². The second-order valence-corrected chi connectivity index (χ2v) is 9.77. The Bertz CT molecular complexity index is 441. The smallest absolute Gasteiger partial charge is 0.306 e. The minimum absolute atomic E-state index is 0.0568. The van der Waals surface area contributed by atoms with E-state index in [1.165, 1.54) is 96.3 Å². The van der Waals surface area contributed by atoms with Crippen LogP contribution in [0.3, 0.4) is 0 Å². The molecule has 0 saturated heterocycles. The summed E-state index contributed by atoms with van der Waals surface area (Å²) in [4.78, 5) is 23.7. The van der Waals surface area contributed by atoms with Crippen molar-refractivity contribution >= 4 is 11.9 Å². The van der Waals surface area contributed by atoms with Crippen LogP contribution >= 0.6 is 0 Å². The van der Waals surface area contributed by atoms with Gasteiger partial charge in [0.2, 0.25) is 0 Å². The molecule has 188 valence electrons. The summed E-state index contributed by atoms with van der Waals surface area (Å²) in [5.41, 5.74) is 0. The van der Waals surface area contributed by atoms with Gasteiger partial charge in [-0.15, -0.1) is 0 Å². The van der Waals surface area contributed by atoms with Gasteiger partial charge in [0.1, 0.15) is 6.10 Å². The van der Waals surface area contributed by atoms with Gasteiger partial charge >= 0.3 is 11.9 Å². The Morgan fingerprint density at radius 3 is 1.53 bits per heavy atom. The van der Waals surface area contributed by atoms with Gasteiger partial charge in [-0.3, -0.25) is 9.59 Å². The molecule has 0 aromatic rings. The van der Waals surface area contributed by atoms with Gasteiger partial charge in [-0.1, -0.05) is 110 Å². The first-order chi connectivity index (χ1) is 15.7. The maximum Gasteiger partial charge on any atom is 0.306 e. The van der Waals surface area contributed by atoms with Gasteiger partial charge in [-0.25, -0.2) is 0 Å². The molecule has 0 spiro atoms. The molecule has 4 heteroatoms. The summed E-state index contributed by atoms with van der Waals surface area (Å²) >= 11 is 0. The molecule has 0 radical (unpaired) electrons. The maximum absolute atomic E-state index is 11.9. The molecule has 0 heterocycles. The highest BCUT2D eigenvalue weighted by Gasteiger charge is 2.17. The molecule has 0 amide bonds. The largest absolute Gasteiger partial charge is 0.466 e. The molecule has 1 aliphatic rings. The fraction of sp³-hybridized carbons (Fsp3) is 0.929. The highest BCUT2D eigenvalue weighted by molar-refractivity contribution is 5.77. The van der Waals surface area contributed by atoms with Gasteiger partial charge < -0.3 is 9.47 Å². The number of carbonyl (C=O) groups is 2. The molecule has 1 rings (SSSR count). The van der Waals surface area contributed by atoms with Crippen LogP contribution in [0.5, 0.6) is 0 Å².